The maximum absolute atomic E-state index is 13.5. The Morgan fingerprint density at radius 1 is 0.903 bits per heavy atom. The molecule has 0 aromatic heterocycles. The van der Waals surface area contributed by atoms with Gasteiger partial charge in [-0.3, -0.25) is 9.10 Å². The maximum atomic E-state index is 13.5. The lowest BCUT2D eigenvalue weighted by Crippen LogP contribution is -2.40. The number of sulfonamides is 1. The lowest BCUT2D eigenvalue weighted by Gasteiger charge is -2.25. The number of halogens is 1. The first-order valence-corrected chi connectivity index (χ1v) is 11.7. The zero-order chi connectivity index (χ0) is 22.6. The molecule has 3 aromatic rings. The summed E-state index contributed by atoms with van der Waals surface area (Å²) in [7, 11) is -3.94. The number of nitrogens with zero attached hydrogens (tertiary/aromatic N) is 1. The standard InChI is InChI=1S/C24H25ClN2O3S/c1-17-8-10-22(11-9-17)31(29,30)27(21-13-18(2)12-19(3)14-21)16-24(28)26-15-20-6-4-5-7-23(20)25/h4-14H,15-16H2,1-3H3,(H,26,28). The van der Waals surface area contributed by atoms with Gasteiger partial charge in [-0.05, 0) is 67.8 Å². The fourth-order valence-corrected chi connectivity index (χ4v) is 4.88. The van der Waals surface area contributed by atoms with Gasteiger partial charge in [-0.1, -0.05) is 53.6 Å². The summed E-state index contributed by atoms with van der Waals surface area (Å²) in [6.45, 7) is 5.54. The van der Waals surface area contributed by atoms with Gasteiger partial charge in [0.25, 0.3) is 10.0 Å². The van der Waals surface area contributed by atoms with Crippen molar-refractivity contribution in [1.29, 1.82) is 0 Å². The Labute approximate surface area is 188 Å². The summed E-state index contributed by atoms with van der Waals surface area (Å²) in [6.07, 6.45) is 0. The average Bonchev–Trinajstić information content (AvgIpc) is 2.71. The number of benzene rings is 3. The molecule has 162 valence electrons. The molecular weight excluding hydrogens is 432 g/mol. The molecule has 3 aromatic carbocycles. The highest BCUT2D eigenvalue weighted by Gasteiger charge is 2.27. The minimum absolute atomic E-state index is 0.135. The van der Waals surface area contributed by atoms with E-state index in [4.69, 9.17) is 11.6 Å². The van der Waals surface area contributed by atoms with Crippen LogP contribution in [0.15, 0.2) is 71.6 Å². The van der Waals surface area contributed by atoms with Crippen LogP contribution in [-0.2, 0) is 21.4 Å². The number of carbonyl (C=O) groups is 1. The van der Waals surface area contributed by atoms with Crippen molar-refractivity contribution in [1.82, 2.24) is 5.32 Å². The summed E-state index contributed by atoms with van der Waals surface area (Å²) in [6, 6.07) is 19.3. The van der Waals surface area contributed by atoms with Gasteiger partial charge >= 0.3 is 0 Å². The van der Waals surface area contributed by atoms with Gasteiger partial charge in [-0.25, -0.2) is 8.42 Å². The molecule has 0 unspecified atom stereocenters. The van der Waals surface area contributed by atoms with Gasteiger partial charge in [-0.15, -0.1) is 0 Å². The zero-order valence-corrected chi connectivity index (χ0v) is 19.3. The maximum Gasteiger partial charge on any atom is 0.264 e. The second-order valence-corrected chi connectivity index (χ2v) is 9.81. The van der Waals surface area contributed by atoms with E-state index in [9.17, 15) is 13.2 Å². The van der Waals surface area contributed by atoms with E-state index < -0.39 is 15.9 Å². The molecular formula is C24H25ClN2O3S. The van der Waals surface area contributed by atoms with E-state index in [0.717, 1.165) is 26.6 Å². The number of hydrogen-bond acceptors (Lipinski definition) is 3. The molecule has 7 heteroatoms. The first-order chi connectivity index (χ1) is 14.7. The van der Waals surface area contributed by atoms with Crippen molar-refractivity contribution in [3.63, 3.8) is 0 Å². The number of hydrogen-bond donors (Lipinski definition) is 1. The molecule has 0 aliphatic carbocycles. The fourth-order valence-electron chi connectivity index (χ4n) is 3.27. The molecule has 0 spiro atoms. The van der Waals surface area contributed by atoms with E-state index in [0.29, 0.717) is 10.7 Å². The number of carbonyl (C=O) groups excluding carboxylic acids is 1. The van der Waals surface area contributed by atoms with Crippen molar-refractivity contribution in [3.05, 3.63) is 94.0 Å². The summed E-state index contributed by atoms with van der Waals surface area (Å²) in [5.74, 6) is -0.422. The molecule has 0 atom stereocenters. The van der Waals surface area contributed by atoms with Gasteiger partial charge < -0.3 is 5.32 Å². The minimum Gasteiger partial charge on any atom is -0.350 e. The molecule has 0 saturated carbocycles. The Bertz CT molecular complexity index is 1170. The topological polar surface area (TPSA) is 66.5 Å². The van der Waals surface area contributed by atoms with Crippen molar-refractivity contribution in [2.75, 3.05) is 10.8 Å². The molecule has 0 bridgehead atoms. The minimum atomic E-state index is -3.94. The third-order valence-corrected chi connectivity index (χ3v) is 6.98. The number of anilines is 1. The number of rotatable bonds is 7. The van der Waals surface area contributed by atoms with Crippen LogP contribution in [-0.4, -0.2) is 20.9 Å². The predicted molar refractivity (Wildman–Crippen MR) is 125 cm³/mol. The van der Waals surface area contributed by atoms with Crippen LogP contribution in [0.1, 0.15) is 22.3 Å². The fraction of sp³-hybridized carbons (Fsp3) is 0.208. The van der Waals surface area contributed by atoms with Gasteiger partial charge in [-0.2, -0.15) is 0 Å². The van der Waals surface area contributed by atoms with Gasteiger partial charge in [0.2, 0.25) is 5.91 Å². The van der Waals surface area contributed by atoms with Crippen LogP contribution in [0.5, 0.6) is 0 Å². The SMILES string of the molecule is Cc1ccc(S(=O)(=O)N(CC(=O)NCc2ccccc2Cl)c2cc(C)cc(C)c2)cc1. The quantitative estimate of drug-likeness (QED) is 0.556. The molecule has 0 fully saturated rings. The van der Waals surface area contributed by atoms with Crippen LogP contribution in [0.3, 0.4) is 0 Å². The van der Waals surface area contributed by atoms with Crippen molar-refractivity contribution in [2.24, 2.45) is 0 Å². The first kappa shape index (κ1) is 22.8. The van der Waals surface area contributed by atoms with E-state index in [1.807, 2.05) is 45.0 Å². The average molecular weight is 457 g/mol. The van der Waals surface area contributed by atoms with Gasteiger partial charge in [0.15, 0.2) is 0 Å². The first-order valence-electron chi connectivity index (χ1n) is 9.84. The molecule has 0 aliphatic heterocycles. The Kier molecular flexibility index (Phi) is 7.03. The van der Waals surface area contributed by atoms with Crippen LogP contribution < -0.4 is 9.62 Å². The zero-order valence-electron chi connectivity index (χ0n) is 17.7. The molecule has 0 saturated heterocycles. The highest BCUT2D eigenvalue weighted by Crippen LogP contribution is 2.26. The summed E-state index contributed by atoms with van der Waals surface area (Å²) in [4.78, 5) is 12.9. The summed E-state index contributed by atoms with van der Waals surface area (Å²) < 4.78 is 28.1. The van der Waals surface area contributed by atoms with Crippen LogP contribution in [0, 0.1) is 20.8 Å². The van der Waals surface area contributed by atoms with Crippen LogP contribution in [0.2, 0.25) is 5.02 Å². The van der Waals surface area contributed by atoms with E-state index in [1.165, 1.54) is 0 Å². The number of nitrogens with one attached hydrogen (secondary N) is 1. The molecule has 1 amide bonds. The Balaban J connectivity index is 1.91. The molecule has 0 heterocycles. The lowest BCUT2D eigenvalue weighted by molar-refractivity contribution is -0.119. The van der Waals surface area contributed by atoms with E-state index in [-0.39, 0.29) is 18.0 Å². The predicted octanol–water partition coefficient (Wildman–Crippen LogP) is 4.78. The van der Waals surface area contributed by atoms with Gasteiger partial charge in [0.1, 0.15) is 6.54 Å². The van der Waals surface area contributed by atoms with Gasteiger partial charge in [0.05, 0.1) is 10.6 Å². The van der Waals surface area contributed by atoms with Crippen molar-refractivity contribution in [3.8, 4) is 0 Å². The summed E-state index contributed by atoms with van der Waals surface area (Å²) >= 11 is 6.15. The van der Waals surface area contributed by atoms with E-state index in [1.54, 1.807) is 42.5 Å². The largest absolute Gasteiger partial charge is 0.350 e. The van der Waals surface area contributed by atoms with Crippen LogP contribution in [0.25, 0.3) is 0 Å². The molecule has 3 rings (SSSR count). The molecule has 31 heavy (non-hydrogen) atoms. The Morgan fingerprint density at radius 3 is 2.13 bits per heavy atom. The highest BCUT2D eigenvalue weighted by molar-refractivity contribution is 7.92. The molecule has 0 radical (unpaired) electrons. The Morgan fingerprint density at radius 2 is 1.52 bits per heavy atom. The summed E-state index contributed by atoms with van der Waals surface area (Å²) in [5.41, 5.74) is 3.99. The van der Waals surface area contributed by atoms with Crippen molar-refractivity contribution in [2.45, 2.75) is 32.2 Å². The second kappa shape index (κ2) is 9.54. The smallest absolute Gasteiger partial charge is 0.264 e. The molecule has 5 nitrogen and oxygen atoms in total. The third kappa shape index (κ3) is 5.66. The third-order valence-electron chi connectivity index (χ3n) is 4.82. The van der Waals surface area contributed by atoms with Crippen molar-refractivity contribution < 1.29 is 13.2 Å². The van der Waals surface area contributed by atoms with E-state index in [2.05, 4.69) is 5.32 Å². The monoisotopic (exact) mass is 456 g/mol. The Hall–Kier alpha value is -2.83. The van der Waals surface area contributed by atoms with Gasteiger partial charge in [0, 0.05) is 11.6 Å². The normalized spacial score (nSPS) is 11.2. The molecule has 1 N–H and O–H groups in total. The van der Waals surface area contributed by atoms with E-state index >= 15 is 0 Å². The van der Waals surface area contributed by atoms with Crippen LogP contribution in [0.4, 0.5) is 5.69 Å². The number of amides is 1. The second-order valence-electron chi connectivity index (χ2n) is 7.54. The van der Waals surface area contributed by atoms with Crippen LogP contribution >= 0.6 is 11.6 Å². The highest BCUT2D eigenvalue weighted by atomic mass is 35.5. The number of aryl methyl sites for hydroxylation is 3. The summed E-state index contributed by atoms with van der Waals surface area (Å²) in [5, 5.41) is 3.32. The lowest BCUT2D eigenvalue weighted by atomic mass is 10.1. The molecule has 0 aliphatic rings. The van der Waals surface area contributed by atoms with Crippen molar-refractivity contribution >= 4 is 33.2 Å².